The first kappa shape index (κ1) is 17.6. The third-order valence-corrected chi connectivity index (χ3v) is 6.90. The lowest BCUT2D eigenvalue weighted by Gasteiger charge is -2.36. The number of aryl methyl sites for hydroxylation is 1. The fourth-order valence-corrected chi connectivity index (χ4v) is 5.57. The molecule has 0 amide bonds. The number of para-hydroxylation sites is 1. The largest absolute Gasteiger partial charge is 0.497 e. The molecule has 2 heterocycles. The lowest BCUT2D eigenvalue weighted by molar-refractivity contribution is 0.414. The minimum Gasteiger partial charge on any atom is -0.497 e. The highest BCUT2D eigenvalue weighted by Gasteiger charge is 2.37. The number of allylic oxidation sites excluding steroid dienone is 1. The van der Waals surface area contributed by atoms with Crippen molar-refractivity contribution in [2.24, 2.45) is 0 Å². The third-order valence-electron chi connectivity index (χ3n) is 6.90. The predicted molar refractivity (Wildman–Crippen MR) is 123 cm³/mol. The van der Waals surface area contributed by atoms with Crippen molar-refractivity contribution in [3.63, 3.8) is 0 Å². The molecule has 0 spiro atoms. The lowest BCUT2D eigenvalue weighted by Crippen LogP contribution is -2.24. The Labute approximate surface area is 177 Å². The summed E-state index contributed by atoms with van der Waals surface area (Å²) in [6.07, 6.45) is 6.18. The molecule has 0 radical (unpaired) electrons. The highest BCUT2D eigenvalue weighted by Crippen LogP contribution is 2.51. The van der Waals surface area contributed by atoms with Gasteiger partial charge in [0, 0.05) is 28.6 Å². The van der Waals surface area contributed by atoms with Gasteiger partial charge in [-0.2, -0.15) is 0 Å². The topological polar surface area (TPSA) is 14.2 Å². The van der Waals surface area contributed by atoms with Gasteiger partial charge in [-0.1, -0.05) is 66.7 Å². The fourth-order valence-electron chi connectivity index (χ4n) is 5.57. The van der Waals surface area contributed by atoms with E-state index in [0.717, 1.165) is 5.75 Å². The van der Waals surface area contributed by atoms with Crippen molar-refractivity contribution in [2.45, 2.75) is 31.1 Å². The average molecular weight is 392 g/mol. The van der Waals surface area contributed by atoms with E-state index in [1.165, 1.54) is 52.7 Å². The van der Waals surface area contributed by atoms with Crippen LogP contribution in [0.15, 0.2) is 84.9 Å². The molecule has 0 fully saturated rings. The van der Waals surface area contributed by atoms with Gasteiger partial charge in [0.2, 0.25) is 0 Å². The quantitative estimate of drug-likeness (QED) is 0.376. The number of ether oxygens (including phenoxy) is 1. The van der Waals surface area contributed by atoms with Gasteiger partial charge < -0.3 is 9.30 Å². The molecule has 0 saturated heterocycles. The molecular weight excluding hydrogens is 366 g/mol. The van der Waals surface area contributed by atoms with E-state index in [1.54, 1.807) is 12.7 Å². The zero-order chi connectivity index (χ0) is 20.1. The second-order valence-corrected chi connectivity index (χ2v) is 8.43. The number of nitrogens with zero attached hydrogens (tertiary/aromatic N) is 1. The molecule has 148 valence electrons. The summed E-state index contributed by atoms with van der Waals surface area (Å²) in [5, 5.41) is 1.43. The van der Waals surface area contributed by atoms with Crippen molar-refractivity contribution in [1.82, 2.24) is 4.57 Å². The number of rotatable bonds is 3. The summed E-state index contributed by atoms with van der Waals surface area (Å²) in [6.45, 7) is 0. The molecular formula is C28H25NO. The molecule has 0 saturated carbocycles. The Morgan fingerprint density at radius 2 is 1.63 bits per heavy atom. The van der Waals surface area contributed by atoms with Crippen LogP contribution in [-0.2, 0) is 6.42 Å². The van der Waals surface area contributed by atoms with Gasteiger partial charge in [-0.3, -0.25) is 0 Å². The first-order chi connectivity index (χ1) is 14.8. The van der Waals surface area contributed by atoms with Crippen LogP contribution in [0.25, 0.3) is 16.6 Å². The molecule has 3 aromatic carbocycles. The van der Waals surface area contributed by atoms with Crippen LogP contribution < -0.4 is 4.74 Å². The molecule has 0 bridgehead atoms. The summed E-state index contributed by atoms with van der Waals surface area (Å²) in [4.78, 5) is 0. The molecule has 1 aromatic heterocycles. The van der Waals surface area contributed by atoms with Gasteiger partial charge in [0.1, 0.15) is 5.75 Å². The van der Waals surface area contributed by atoms with Gasteiger partial charge in [-0.25, -0.2) is 0 Å². The van der Waals surface area contributed by atoms with E-state index in [9.17, 15) is 0 Å². The molecule has 30 heavy (non-hydrogen) atoms. The second kappa shape index (κ2) is 6.91. The Morgan fingerprint density at radius 1 is 0.867 bits per heavy atom. The second-order valence-electron chi connectivity index (χ2n) is 8.43. The van der Waals surface area contributed by atoms with Crippen LogP contribution in [0.3, 0.4) is 0 Å². The van der Waals surface area contributed by atoms with Crippen LogP contribution in [0.1, 0.15) is 47.1 Å². The average Bonchev–Trinajstić information content (AvgIpc) is 3.16. The van der Waals surface area contributed by atoms with E-state index in [4.69, 9.17) is 4.74 Å². The Balaban J connectivity index is 1.63. The van der Waals surface area contributed by atoms with E-state index < -0.39 is 0 Å². The molecule has 0 unspecified atom stereocenters. The highest BCUT2D eigenvalue weighted by atomic mass is 16.5. The zero-order valence-corrected chi connectivity index (χ0v) is 17.2. The molecule has 2 aliphatic rings. The molecule has 4 aromatic rings. The summed E-state index contributed by atoms with van der Waals surface area (Å²) in [5.41, 5.74) is 8.40. The van der Waals surface area contributed by atoms with Crippen molar-refractivity contribution in [3.8, 4) is 5.75 Å². The van der Waals surface area contributed by atoms with Crippen LogP contribution in [0, 0.1) is 0 Å². The summed E-state index contributed by atoms with van der Waals surface area (Å²) >= 11 is 0. The summed E-state index contributed by atoms with van der Waals surface area (Å²) < 4.78 is 7.97. The first-order valence-electron chi connectivity index (χ1n) is 10.9. The van der Waals surface area contributed by atoms with E-state index >= 15 is 0 Å². The number of aromatic nitrogens is 1. The maximum absolute atomic E-state index is 5.41. The molecule has 2 atom stereocenters. The van der Waals surface area contributed by atoms with Gasteiger partial charge >= 0.3 is 0 Å². The van der Waals surface area contributed by atoms with Gasteiger partial charge in [-0.05, 0) is 54.2 Å². The van der Waals surface area contributed by atoms with Gasteiger partial charge in [0.05, 0.1) is 12.6 Å². The Hall–Kier alpha value is -3.26. The SMILES string of the molecule is COc1ccc([C@H]2C=C(c3ccccc3)n3c4c(c5ccccc53)CCC[C@H]42)cc1. The van der Waals surface area contributed by atoms with Gasteiger partial charge in [0.25, 0.3) is 0 Å². The first-order valence-corrected chi connectivity index (χ1v) is 10.9. The van der Waals surface area contributed by atoms with Crippen molar-refractivity contribution in [1.29, 1.82) is 0 Å². The maximum atomic E-state index is 5.41. The molecule has 2 heteroatoms. The monoisotopic (exact) mass is 391 g/mol. The van der Waals surface area contributed by atoms with Crippen LogP contribution in [0.5, 0.6) is 5.75 Å². The summed E-state index contributed by atoms with van der Waals surface area (Å²) in [6, 6.07) is 28.5. The lowest BCUT2D eigenvalue weighted by atomic mass is 9.73. The van der Waals surface area contributed by atoms with Gasteiger partial charge in [-0.15, -0.1) is 0 Å². The highest BCUT2D eigenvalue weighted by molar-refractivity contribution is 5.92. The Kier molecular flexibility index (Phi) is 4.05. The van der Waals surface area contributed by atoms with Crippen molar-refractivity contribution in [3.05, 3.63) is 107 Å². The standard InChI is InChI=1S/C28H25NO/c1-30-21-16-14-19(15-17-21)25-18-27(20-8-3-2-4-9-20)29-26-13-6-5-10-22(26)23-11-7-12-24(25)28(23)29/h2-6,8-10,13-18,24-25H,7,11-12H2,1H3/t24-,25+/m0/s1. The summed E-state index contributed by atoms with van der Waals surface area (Å²) in [5.74, 6) is 1.81. The summed E-state index contributed by atoms with van der Waals surface area (Å²) in [7, 11) is 1.73. The van der Waals surface area contributed by atoms with Crippen molar-refractivity contribution >= 4 is 16.6 Å². The van der Waals surface area contributed by atoms with Crippen molar-refractivity contribution < 1.29 is 4.74 Å². The van der Waals surface area contributed by atoms with Crippen LogP contribution >= 0.6 is 0 Å². The number of methoxy groups -OCH3 is 1. The Morgan fingerprint density at radius 3 is 2.43 bits per heavy atom. The van der Waals surface area contributed by atoms with Crippen LogP contribution in [-0.4, -0.2) is 11.7 Å². The molecule has 6 rings (SSSR count). The maximum Gasteiger partial charge on any atom is 0.118 e. The van der Waals surface area contributed by atoms with Crippen LogP contribution in [0.4, 0.5) is 0 Å². The van der Waals surface area contributed by atoms with Gasteiger partial charge in [0.15, 0.2) is 0 Å². The number of benzene rings is 3. The third kappa shape index (κ3) is 2.56. The smallest absolute Gasteiger partial charge is 0.118 e. The minimum absolute atomic E-state index is 0.377. The Bertz CT molecular complexity index is 1250. The van der Waals surface area contributed by atoms with E-state index in [2.05, 4.69) is 89.5 Å². The fraction of sp³-hybridized carbons (Fsp3) is 0.214. The zero-order valence-electron chi connectivity index (χ0n) is 17.2. The number of fused-ring (bicyclic) bond motifs is 3. The van der Waals surface area contributed by atoms with E-state index in [0.29, 0.717) is 11.8 Å². The molecule has 1 aliphatic heterocycles. The predicted octanol–water partition coefficient (Wildman–Crippen LogP) is 6.76. The van der Waals surface area contributed by atoms with Crippen LogP contribution in [0.2, 0.25) is 0 Å². The molecule has 0 N–H and O–H groups in total. The number of hydrogen-bond donors (Lipinski definition) is 0. The van der Waals surface area contributed by atoms with Crippen molar-refractivity contribution in [2.75, 3.05) is 7.11 Å². The molecule has 1 aliphatic carbocycles. The van der Waals surface area contributed by atoms with E-state index in [-0.39, 0.29) is 0 Å². The normalized spacial score (nSPS) is 20.0. The molecule has 2 nitrogen and oxygen atoms in total. The minimum atomic E-state index is 0.377. The number of hydrogen-bond acceptors (Lipinski definition) is 1. The van der Waals surface area contributed by atoms with E-state index in [1.807, 2.05) is 0 Å².